The topological polar surface area (TPSA) is 70.2 Å². The molecule has 0 amide bonds. The van der Waals surface area contributed by atoms with Crippen molar-refractivity contribution in [1.29, 1.82) is 0 Å². The monoisotopic (exact) mass is 642 g/mol. The van der Waals surface area contributed by atoms with Crippen molar-refractivity contribution in [2.45, 2.75) is 0 Å². The molecule has 0 aliphatic rings. The Bertz CT molecular complexity index is 3030. The van der Waals surface area contributed by atoms with Crippen molar-refractivity contribution in [1.82, 2.24) is 37.9 Å². The van der Waals surface area contributed by atoms with Crippen LogP contribution in [0.4, 0.5) is 0 Å². The van der Waals surface area contributed by atoms with Gasteiger partial charge in [0.1, 0.15) is 5.65 Å². The Morgan fingerprint density at radius 2 is 0.940 bits per heavy atom. The summed E-state index contributed by atoms with van der Waals surface area (Å²) in [5.74, 6) is 2.45. The first-order chi connectivity index (χ1) is 24.8. The first-order valence-electron chi connectivity index (χ1n) is 16.6. The fourth-order valence-corrected chi connectivity index (χ4v) is 7.42. The van der Waals surface area contributed by atoms with E-state index in [1.165, 1.54) is 10.9 Å². The van der Waals surface area contributed by atoms with Gasteiger partial charge in [0.05, 0.1) is 38.6 Å². The number of hydrogen-bond donors (Lipinski definition) is 0. The predicted molar refractivity (Wildman–Crippen MR) is 199 cm³/mol. The summed E-state index contributed by atoms with van der Waals surface area (Å²) in [5.41, 5.74) is 11.4. The molecule has 6 aromatic carbocycles. The number of benzene rings is 6. The summed E-state index contributed by atoms with van der Waals surface area (Å²) in [4.78, 5) is 20.3. The maximum Gasteiger partial charge on any atom is 0.241 e. The van der Waals surface area contributed by atoms with E-state index in [9.17, 15) is 0 Å². The molecule has 8 nitrogen and oxygen atoms in total. The van der Waals surface area contributed by atoms with Crippen LogP contribution in [-0.2, 0) is 0 Å². The lowest BCUT2D eigenvalue weighted by atomic mass is 10.2. The van der Waals surface area contributed by atoms with Gasteiger partial charge in [0.25, 0.3) is 0 Å². The second kappa shape index (κ2) is 10.2. The van der Waals surface area contributed by atoms with E-state index < -0.39 is 0 Å². The van der Waals surface area contributed by atoms with Gasteiger partial charge in [-0.05, 0) is 54.6 Å². The van der Waals surface area contributed by atoms with E-state index in [1.54, 1.807) is 0 Å². The highest BCUT2D eigenvalue weighted by atomic mass is 15.3. The second-order valence-electron chi connectivity index (χ2n) is 12.5. The van der Waals surface area contributed by atoms with E-state index in [0.29, 0.717) is 17.6 Å². The third kappa shape index (κ3) is 3.81. The molecule has 0 bridgehead atoms. The minimum Gasteiger partial charge on any atom is -0.294 e. The van der Waals surface area contributed by atoms with Gasteiger partial charge in [-0.1, -0.05) is 103 Å². The Labute approximate surface area is 284 Å². The number of aromatic nitrogens is 8. The zero-order valence-electron chi connectivity index (χ0n) is 26.6. The van der Waals surface area contributed by atoms with Gasteiger partial charge in [-0.25, -0.2) is 14.5 Å². The lowest BCUT2D eigenvalue weighted by Crippen LogP contribution is -2.06. The molecule has 0 aliphatic heterocycles. The standard InChI is InChI=1S/C42H26N8/c1-3-13-27(14-4-1)39-44-40(28-15-5-2-6-16-28)46-41(45-39)50-36-22-12-11-21-35(36)49-37-26-30(23-24-31(37)43-42(49)50)47-33-19-9-10-20-34(33)48-32-18-8-7-17-29(32)25-38(47)48/h1-26H. The van der Waals surface area contributed by atoms with Gasteiger partial charge < -0.3 is 0 Å². The number of rotatable bonds is 4. The Morgan fingerprint density at radius 1 is 0.380 bits per heavy atom. The van der Waals surface area contributed by atoms with Crippen molar-refractivity contribution in [3.05, 3.63) is 158 Å². The molecule has 11 aromatic rings. The van der Waals surface area contributed by atoms with Crippen LogP contribution in [0.5, 0.6) is 0 Å². The Hall–Kier alpha value is -7.06. The Morgan fingerprint density at radius 3 is 1.62 bits per heavy atom. The number of para-hydroxylation sites is 5. The molecule has 0 fully saturated rings. The summed E-state index contributed by atoms with van der Waals surface area (Å²) in [6, 6.07) is 54.4. The summed E-state index contributed by atoms with van der Waals surface area (Å²) in [6.07, 6.45) is 0. The zero-order valence-corrected chi connectivity index (χ0v) is 26.6. The van der Waals surface area contributed by atoms with Crippen LogP contribution in [0.15, 0.2) is 158 Å². The first kappa shape index (κ1) is 26.9. The SMILES string of the molecule is c1ccc(-c2nc(-c3ccccc3)nc(-n3c4ccccc4n4c5cc(-n6c7ccccc7n7c8ccccc8cc67)ccc5nc34)n2)cc1. The van der Waals surface area contributed by atoms with Crippen LogP contribution in [0.2, 0.25) is 0 Å². The predicted octanol–water partition coefficient (Wildman–Crippen LogP) is 9.30. The quantitative estimate of drug-likeness (QED) is 0.192. The zero-order chi connectivity index (χ0) is 32.8. The summed E-state index contributed by atoms with van der Waals surface area (Å²) in [7, 11) is 0. The summed E-state index contributed by atoms with van der Waals surface area (Å²) >= 11 is 0. The molecule has 0 spiro atoms. The van der Waals surface area contributed by atoms with Gasteiger partial charge >= 0.3 is 0 Å². The van der Waals surface area contributed by atoms with Gasteiger partial charge in [-0.3, -0.25) is 13.4 Å². The molecule has 5 aromatic heterocycles. The minimum atomic E-state index is 0.512. The van der Waals surface area contributed by atoms with E-state index in [4.69, 9.17) is 19.9 Å². The molecular weight excluding hydrogens is 617 g/mol. The molecule has 234 valence electrons. The van der Waals surface area contributed by atoms with Crippen molar-refractivity contribution >= 4 is 55.4 Å². The van der Waals surface area contributed by atoms with Crippen LogP contribution in [0.25, 0.3) is 89.8 Å². The highest BCUT2D eigenvalue weighted by Crippen LogP contribution is 2.34. The lowest BCUT2D eigenvalue weighted by molar-refractivity contribution is 0.937. The molecule has 5 heterocycles. The van der Waals surface area contributed by atoms with Crippen LogP contribution in [0.1, 0.15) is 0 Å². The number of imidazole rings is 3. The van der Waals surface area contributed by atoms with E-state index in [2.05, 4.69) is 109 Å². The molecule has 0 aliphatic carbocycles. The van der Waals surface area contributed by atoms with Gasteiger partial charge in [0.15, 0.2) is 11.6 Å². The smallest absolute Gasteiger partial charge is 0.241 e. The minimum absolute atomic E-state index is 0.512. The van der Waals surface area contributed by atoms with Crippen molar-refractivity contribution in [3.8, 4) is 34.4 Å². The molecule has 0 atom stereocenters. The van der Waals surface area contributed by atoms with Crippen LogP contribution in [0.3, 0.4) is 0 Å². The van der Waals surface area contributed by atoms with Crippen molar-refractivity contribution in [3.63, 3.8) is 0 Å². The first-order valence-corrected chi connectivity index (χ1v) is 16.6. The number of hydrogen-bond acceptors (Lipinski definition) is 4. The number of fused-ring (bicyclic) bond motifs is 10. The Kier molecular flexibility index (Phi) is 5.51. The van der Waals surface area contributed by atoms with Crippen molar-refractivity contribution in [2.24, 2.45) is 0 Å². The maximum absolute atomic E-state index is 5.23. The van der Waals surface area contributed by atoms with Crippen LogP contribution in [0, 0.1) is 0 Å². The molecule has 0 N–H and O–H groups in total. The lowest BCUT2D eigenvalue weighted by Gasteiger charge is -2.09. The van der Waals surface area contributed by atoms with E-state index in [0.717, 1.165) is 61.3 Å². The Balaban J connectivity index is 1.19. The van der Waals surface area contributed by atoms with E-state index in [1.807, 2.05) is 66.7 Å². The van der Waals surface area contributed by atoms with Gasteiger partial charge in [0, 0.05) is 22.2 Å². The van der Waals surface area contributed by atoms with Crippen molar-refractivity contribution in [2.75, 3.05) is 0 Å². The van der Waals surface area contributed by atoms with Gasteiger partial charge in [0.2, 0.25) is 11.7 Å². The molecule has 11 rings (SSSR count). The molecule has 0 unspecified atom stereocenters. The average molecular weight is 643 g/mol. The summed E-state index contributed by atoms with van der Waals surface area (Å²) in [5, 5.41) is 1.21. The van der Waals surface area contributed by atoms with Crippen LogP contribution in [-0.4, -0.2) is 37.9 Å². The maximum atomic E-state index is 5.23. The van der Waals surface area contributed by atoms with Gasteiger partial charge in [-0.15, -0.1) is 0 Å². The fourth-order valence-electron chi connectivity index (χ4n) is 7.42. The van der Waals surface area contributed by atoms with Crippen molar-refractivity contribution < 1.29 is 0 Å². The molecule has 8 heteroatoms. The third-order valence-corrected chi connectivity index (χ3v) is 9.61. The summed E-state index contributed by atoms with van der Waals surface area (Å²) in [6.45, 7) is 0. The molecule has 0 saturated carbocycles. The normalized spacial score (nSPS) is 12.0. The van der Waals surface area contributed by atoms with E-state index >= 15 is 0 Å². The summed E-state index contributed by atoms with van der Waals surface area (Å²) < 4.78 is 8.97. The highest BCUT2D eigenvalue weighted by Gasteiger charge is 2.22. The molecule has 0 saturated heterocycles. The van der Waals surface area contributed by atoms with Crippen LogP contribution >= 0.6 is 0 Å². The number of nitrogens with zero attached hydrogens (tertiary/aromatic N) is 8. The average Bonchev–Trinajstić information content (AvgIpc) is 3.91. The largest absolute Gasteiger partial charge is 0.294 e. The third-order valence-electron chi connectivity index (χ3n) is 9.61. The fraction of sp³-hybridized carbons (Fsp3) is 0. The molecular formula is C42H26N8. The molecule has 0 radical (unpaired) electrons. The second-order valence-corrected chi connectivity index (χ2v) is 12.5. The molecule has 50 heavy (non-hydrogen) atoms. The highest BCUT2D eigenvalue weighted by molar-refractivity contribution is 5.97. The van der Waals surface area contributed by atoms with E-state index in [-0.39, 0.29) is 0 Å². The van der Waals surface area contributed by atoms with Crippen LogP contribution < -0.4 is 0 Å². The van der Waals surface area contributed by atoms with Gasteiger partial charge in [-0.2, -0.15) is 9.97 Å².